The normalized spacial score (nSPS) is 12.1. The average molecular weight is 437 g/mol. The summed E-state index contributed by atoms with van der Waals surface area (Å²) in [5.41, 5.74) is 1.24. The molecule has 0 spiro atoms. The van der Waals surface area contributed by atoms with Crippen LogP contribution in [0.15, 0.2) is 102 Å². The van der Waals surface area contributed by atoms with Gasteiger partial charge in [-0.05, 0) is 0 Å². The first-order chi connectivity index (χ1) is 13.2. The Morgan fingerprint density at radius 3 is 1.48 bits per heavy atom. The number of halogens is 1. The van der Waals surface area contributed by atoms with Gasteiger partial charge in [0.1, 0.15) is 0 Å². The summed E-state index contributed by atoms with van der Waals surface area (Å²) >= 11 is 3.54. The third kappa shape index (κ3) is 3.50. The van der Waals surface area contributed by atoms with Crippen molar-refractivity contribution in [1.82, 2.24) is 9.78 Å². The molecule has 136 valence electrons. The molecular formula is C23H22BrN2P. The molecule has 1 heterocycles. The topological polar surface area (TPSA) is 17.8 Å². The van der Waals surface area contributed by atoms with E-state index in [1.807, 2.05) is 11.7 Å². The molecule has 0 aliphatic carbocycles. The van der Waals surface area contributed by atoms with Gasteiger partial charge in [-0.1, -0.05) is 0 Å². The van der Waals surface area contributed by atoms with Crippen molar-refractivity contribution in [3.8, 4) is 0 Å². The standard InChI is InChI=1S/C23H22BrN2P/c1-26-19(17-23(24)25-26)18-27(20-11-5-2-6-12-20,21-13-7-3-8-14-21)22-15-9-4-10-16-22/h2-17,27H,18H2,1H3. The van der Waals surface area contributed by atoms with E-state index in [1.165, 1.54) is 21.6 Å². The second-order valence-electron chi connectivity index (χ2n) is 6.76. The number of aromatic nitrogens is 2. The van der Waals surface area contributed by atoms with Crippen molar-refractivity contribution in [2.45, 2.75) is 6.16 Å². The number of hydrogen-bond donors (Lipinski definition) is 0. The fourth-order valence-electron chi connectivity index (χ4n) is 3.88. The number of benzene rings is 3. The summed E-state index contributed by atoms with van der Waals surface area (Å²) in [5, 5.41) is 8.78. The van der Waals surface area contributed by atoms with Crippen molar-refractivity contribution < 1.29 is 0 Å². The van der Waals surface area contributed by atoms with Crippen molar-refractivity contribution in [3.63, 3.8) is 0 Å². The summed E-state index contributed by atoms with van der Waals surface area (Å²) in [6.07, 6.45) is 0.958. The van der Waals surface area contributed by atoms with E-state index < -0.39 is 7.26 Å². The minimum atomic E-state index is -2.26. The molecule has 0 saturated carbocycles. The van der Waals surface area contributed by atoms with Gasteiger partial charge in [-0.2, -0.15) is 0 Å². The number of rotatable bonds is 5. The van der Waals surface area contributed by atoms with Gasteiger partial charge >= 0.3 is 169 Å². The summed E-state index contributed by atoms with van der Waals surface area (Å²) in [5.74, 6) is 0. The van der Waals surface area contributed by atoms with E-state index in [0.717, 1.165) is 10.8 Å². The Labute approximate surface area is 169 Å². The zero-order valence-electron chi connectivity index (χ0n) is 15.2. The van der Waals surface area contributed by atoms with Crippen molar-refractivity contribution >= 4 is 39.1 Å². The van der Waals surface area contributed by atoms with E-state index in [2.05, 4.69) is 118 Å². The molecule has 0 atom stereocenters. The molecule has 0 amide bonds. The number of aryl methyl sites for hydroxylation is 1. The summed E-state index contributed by atoms with van der Waals surface area (Å²) in [6, 6.07) is 35.1. The SMILES string of the molecule is Cn1nc(Br)cc1C[PH](c1ccccc1)(c1ccccc1)c1ccccc1. The molecule has 1 aromatic heterocycles. The number of nitrogens with zero attached hydrogens (tertiary/aromatic N) is 2. The Morgan fingerprint density at radius 1 is 0.741 bits per heavy atom. The van der Waals surface area contributed by atoms with Crippen molar-refractivity contribution in [2.75, 3.05) is 0 Å². The Hall–Kier alpha value is -2.22. The molecule has 0 unspecified atom stereocenters. The first-order valence-electron chi connectivity index (χ1n) is 9.05. The van der Waals surface area contributed by atoms with Gasteiger partial charge in [0.2, 0.25) is 0 Å². The van der Waals surface area contributed by atoms with Gasteiger partial charge in [0.15, 0.2) is 0 Å². The van der Waals surface area contributed by atoms with E-state index in [0.29, 0.717) is 0 Å². The van der Waals surface area contributed by atoms with Gasteiger partial charge in [0.05, 0.1) is 0 Å². The average Bonchev–Trinajstić information content (AvgIpc) is 3.04. The second-order valence-corrected chi connectivity index (χ2v) is 11.5. The third-order valence-corrected chi connectivity index (χ3v) is 10.4. The second kappa shape index (κ2) is 7.80. The fourth-order valence-corrected chi connectivity index (χ4v) is 9.15. The zero-order chi connectivity index (χ0) is 18.7. The minimum absolute atomic E-state index is 0.886. The zero-order valence-corrected chi connectivity index (χ0v) is 17.8. The van der Waals surface area contributed by atoms with Crippen molar-refractivity contribution in [2.24, 2.45) is 7.05 Å². The van der Waals surface area contributed by atoms with E-state index in [1.54, 1.807) is 0 Å². The molecule has 0 radical (unpaired) electrons. The molecule has 0 bridgehead atoms. The summed E-state index contributed by atoms with van der Waals surface area (Å²) in [6.45, 7) is 0. The Bertz CT molecular complexity index is 918. The van der Waals surface area contributed by atoms with Crippen molar-refractivity contribution in [1.29, 1.82) is 0 Å². The van der Waals surface area contributed by atoms with Crippen molar-refractivity contribution in [3.05, 3.63) is 107 Å². The van der Waals surface area contributed by atoms with Crippen LogP contribution in [-0.4, -0.2) is 9.78 Å². The summed E-state index contributed by atoms with van der Waals surface area (Å²) in [7, 11) is -0.236. The van der Waals surface area contributed by atoms with Gasteiger partial charge in [-0.3, -0.25) is 0 Å². The maximum atomic E-state index is 4.53. The van der Waals surface area contributed by atoms with Crippen LogP contribution in [0.2, 0.25) is 0 Å². The molecule has 27 heavy (non-hydrogen) atoms. The van der Waals surface area contributed by atoms with E-state index >= 15 is 0 Å². The van der Waals surface area contributed by atoms with Crippen LogP contribution < -0.4 is 15.9 Å². The summed E-state index contributed by atoms with van der Waals surface area (Å²) in [4.78, 5) is 0. The maximum absolute atomic E-state index is 4.53. The Kier molecular flexibility index (Phi) is 5.24. The van der Waals surface area contributed by atoms with Crippen LogP contribution in [0.3, 0.4) is 0 Å². The molecular weight excluding hydrogens is 415 g/mol. The molecule has 0 N–H and O–H groups in total. The first kappa shape index (κ1) is 18.2. The molecule has 0 fully saturated rings. The molecule has 0 aliphatic heterocycles. The van der Waals surface area contributed by atoms with Gasteiger partial charge in [-0.25, -0.2) is 0 Å². The third-order valence-electron chi connectivity index (χ3n) is 5.19. The van der Waals surface area contributed by atoms with Crippen LogP contribution in [0.5, 0.6) is 0 Å². The van der Waals surface area contributed by atoms with E-state index in [9.17, 15) is 0 Å². The molecule has 4 rings (SSSR count). The quantitative estimate of drug-likeness (QED) is 0.423. The predicted molar refractivity (Wildman–Crippen MR) is 121 cm³/mol. The van der Waals surface area contributed by atoms with Crippen LogP contribution in [0, 0.1) is 0 Å². The first-order valence-corrected chi connectivity index (χ1v) is 12.1. The van der Waals surface area contributed by atoms with E-state index in [4.69, 9.17) is 0 Å². The Balaban J connectivity index is 2.01. The molecule has 2 nitrogen and oxygen atoms in total. The molecule has 0 saturated heterocycles. The Morgan fingerprint density at radius 2 is 1.15 bits per heavy atom. The molecule has 4 heteroatoms. The van der Waals surface area contributed by atoms with Crippen LogP contribution in [0.4, 0.5) is 0 Å². The fraction of sp³-hybridized carbons (Fsp3) is 0.0870. The number of hydrogen-bond acceptors (Lipinski definition) is 1. The summed E-state index contributed by atoms with van der Waals surface area (Å²) < 4.78 is 2.89. The van der Waals surface area contributed by atoms with Gasteiger partial charge in [-0.15, -0.1) is 0 Å². The molecule has 4 aromatic rings. The van der Waals surface area contributed by atoms with E-state index in [-0.39, 0.29) is 0 Å². The molecule has 3 aromatic carbocycles. The van der Waals surface area contributed by atoms with Crippen LogP contribution in [-0.2, 0) is 13.2 Å². The van der Waals surface area contributed by atoms with Crippen LogP contribution in [0.1, 0.15) is 5.69 Å². The molecule has 0 aliphatic rings. The predicted octanol–water partition coefficient (Wildman–Crippen LogP) is 4.41. The van der Waals surface area contributed by atoms with Gasteiger partial charge in [0.25, 0.3) is 0 Å². The monoisotopic (exact) mass is 436 g/mol. The van der Waals surface area contributed by atoms with Gasteiger partial charge in [0, 0.05) is 0 Å². The van der Waals surface area contributed by atoms with Gasteiger partial charge < -0.3 is 0 Å². The van der Waals surface area contributed by atoms with Crippen LogP contribution >= 0.6 is 23.2 Å². The van der Waals surface area contributed by atoms with Crippen LogP contribution in [0.25, 0.3) is 0 Å².